The molecule has 0 aromatic carbocycles. The monoisotopic (exact) mass is 279 g/mol. The van der Waals surface area contributed by atoms with Gasteiger partial charge in [-0.3, -0.25) is 0 Å². The van der Waals surface area contributed by atoms with E-state index in [0.29, 0.717) is 18.1 Å². The molecule has 0 spiro atoms. The summed E-state index contributed by atoms with van der Waals surface area (Å²) in [4.78, 5) is 4.33. The molecule has 20 heavy (non-hydrogen) atoms. The van der Waals surface area contributed by atoms with E-state index in [9.17, 15) is 0 Å². The van der Waals surface area contributed by atoms with Crippen LogP contribution in [-0.4, -0.2) is 22.3 Å². The van der Waals surface area contributed by atoms with Crippen molar-refractivity contribution in [2.75, 3.05) is 6.61 Å². The summed E-state index contributed by atoms with van der Waals surface area (Å²) in [6, 6.07) is 0.509. The molecule has 1 fully saturated rings. The number of nitrogens with two attached hydrogens (primary N) is 1. The Hall–Kier alpha value is -0.870. The average molecular weight is 279 g/mol. The first-order valence-electron chi connectivity index (χ1n) is 7.76. The van der Waals surface area contributed by atoms with E-state index >= 15 is 0 Å². The molecule has 3 atom stereocenters. The Morgan fingerprint density at radius 1 is 1.50 bits per heavy atom. The van der Waals surface area contributed by atoms with Crippen molar-refractivity contribution in [2.24, 2.45) is 17.1 Å². The van der Waals surface area contributed by atoms with Crippen LogP contribution < -0.4 is 5.73 Å². The lowest BCUT2D eigenvalue weighted by molar-refractivity contribution is -0.128. The zero-order chi connectivity index (χ0) is 14.9. The first-order chi connectivity index (χ1) is 9.37. The van der Waals surface area contributed by atoms with Gasteiger partial charge >= 0.3 is 0 Å². The minimum Gasteiger partial charge on any atom is -0.378 e. The maximum Gasteiger partial charge on any atom is 0.0951 e. The zero-order valence-corrected chi connectivity index (χ0v) is 13.5. The highest BCUT2D eigenvalue weighted by atomic mass is 16.5. The summed E-state index contributed by atoms with van der Waals surface area (Å²) in [6.45, 7) is 11.8. The largest absolute Gasteiger partial charge is 0.378 e. The summed E-state index contributed by atoms with van der Waals surface area (Å²) in [7, 11) is 0. The summed E-state index contributed by atoms with van der Waals surface area (Å²) >= 11 is 0. The second-order valence-electron chi connectivity index (χ2n) is 6.98. The summed E-state index contributed by atoms with van der Waals surface area (Å²) in [5, 5.41) is 0. The molecule has 1 aliphatic rings. The highest BCUT2D eigenvalue weighted by molar-refractivity contribution is 5.12. The molecule has 0 amide bonds. The van der Waals surface area contributed by atoms with Crippen LogP contribution in [0.5, 0.6) is 0 Å². The molecule has 2 rings (SSSR count). The number of hydrogen-bond donors (Lipinski definition) is 1. The van der Waals surface area contributed by atoms with Crippen LogP contribution in [0, 0.1) is 11.3 Å². The minimum atomic E-state index is 0.0689. The molecule has 0 bridgehead atoms. The molecule has 1 heterocycles. The maximum atomic E-state index is 6.35. The third kappa shape index (κ3) is 2.77. The second kappa shape index (κ2) is 5.86. The third-order valence-electron chi connectivity index (χ3n) is 4.63. The van der Waals surface area contributed by atoms with Gasteiger partial charge in [-0.2, -0.15) is 0 Å². The van der Waals surface area contributed by atoms with Crippen LogP contribution in [0.3, 0.4) is 0 Å². The van der Waals surface area contributed by atoms with Crippen LogP contribution in [-0.2, 0) is 4.74 Å². The van der Waals surface area contributed by atoms with Gasteiger partial charge in [-0.05, 0) is 25.7 Å². The molecule has 1 aliphatic carbocycles. The quantitative estimate of drug-likeness (QED) is 0.869. The van der Waals surface area contributed by atoms with E-state index in [1.54, 1.807) is 0 Å². The smallest absolute Gasteiger partial charge is 0.0951 e. The fraction of sp³-hybridized carbons (Fsp3) is 0.812. The van der Waals surface area contributed by atoms with E-state index in [-0.39, 0.29) is 11.5 Å². The molecule has 4 heteroatoms. The Morgan fingerprint density at radius 3 is 2.75 bits per heavy atom. The fourth-order valence-corrected chi connectivity index (χ4v) is 3.31. The molecule has 3 unspecified atom stereocenters. The Labute approximate surface area is 122 Å². The molecule has 114 valence electrons. The normalized spacial score (nSPS) is 26.6. The standard InChI is InChI=1S/C16H29N3O/c1-6-20-15-8-14(16(15,4)5)19-10-18-9-13(19)12(17)7-11(2)3/h9-12,14-15H,6-8,17H2,1-5H3. The molecule has 1 aromatic rings. The van der Waals surface area contributed by atoms with E-state index in [1.807, 2.05) is 12.5 Å². The lowest BCUT2D eigenvalue weighted by atomic mass is 9.64. The fourth-order valence-electron chi connectivity index (χ4n) is 3.31. The van der Waals surface area contributed by atoms with Gasteiger partial charge in [0.15, 0.2) is 0 Å². The van der Waals surface area contributed by atoms with Crippen molar-refractivity contribution in [3.8, 4) is 0 Å². The van der Waals surface area contributed by atoms with Gasteiger partial charge < -0.3 is 15.0 Å². The van der Waals surface area contributed by atoms with Crippen LogP contribution in [0.2, 0.25) is 0 Å². The highest BCUT2D eigenvalue weighted by Crippen LogP contribution is 2.51. The SMILES string of the molecule is CCOC1CC(n2cncc2C(N)CC(C)C)C1(C)C. The van der Waals surface area contributed by atoms with Crippen molar-refractivity contribution in [3.63, 3.8) is 0 Å². The van der Waals surface area contributed by atoms with Crippen molar-refractivity contribution in [2.45, 2.75) is 65.6 Å². The highest BCUT2D eigenvalue weighted by Gasteiger charge is 2.50. The van der Waals surface area contributed by atoms with E-state index in [2.05, 4.69) is 44.2 Å². The molecule has 0 radical (unpaired) electrons. The minimum absolute atomic E-state index is 0.0689. The van der Waals surface area contributed by atoms with E-state index in [0.717, 1.165) is 25.1 Å². The van der Waals surface area contributed by atoms with Gasteiger partial charge in [0, 0.05) is 30.3 Å². The van der Waals surface area contributed by atoms with Crippen molar-refractivity contribution in [1.82, 2.24) is 9.55 Å². The summed E-state index contributed by atoms with van der Waals surface area (Å²) in [5.74, 6) is 0.596. The lowest BCUT2D eigenvalue weighted by Crippen LogP contribution is -2.51. The molecule has 2 N–H and O–H groups in total. The average Bonchev–Trinajstić information content (AvgIpc) is 2.81. The van der Waals surface area contributed by atoms with Crippen LogP contribution in [0.1, 0.15) is 65.2 Å². The lowest BCUT2D eigenvalue weighted by Gasteiger charge is -2.52. The number of ether oxygens (including phenoxy) is 1. The molecule has 1 aromatic heterocycles. The second-order valence-corrected chi connectivity index (χ2v) is 6.98. The Morgan fingerprint density at radius 2 is 2.20 bits per heavy atom. The zero-order valence-electron chi connectivity index (χ0n) is 13.5. The van der Waals surface area contributed by atoms with Crippen LogP contribution in [0.15, 0.2) is 12.5 Å². The van der Waals surface area contributed by atoms with E-state index in [1.165, 1.54) is 0 Å². The molecule has 0 aliphatic heterocycles. The summed E-state index contributed by atoms with van der Waals surface area (Å²) in [5.41, 5.74) is 7.65. The van der Waals surface area contributed by atoms with Crippen LogP contribution >= 0.6 is 0 Å². The van der Waals surface area contributed by atoms with Crippen molar-refractivity contribution >= 4 is 0 Å². The van der Waals surface area contributed by atoms with Crippen molar-refractivity contribution in [3.05, 3.63) is 18.2 Å². The number of aromatic nitrogens is 2. The molecular formula is C16H29N3O. The maximum absolute atomic E-state index is 6.35. The van der Waals surface area contributed by atoms with Gasteiger partial charge in [0.1, 0.15) is 0 Å². The molecule has 4 nitrogen and oxygen atoms in total. The van der Waals surface area contributed by atoms with Crippen molar-refractivity contribution in [1.29, 1.82) is 0 Å². The van der Waals surface area contributed by atoms with Gasteiger partial charge in [0.05, 0.1) is 18.1 Å². The first-order valence-corrected chi connectivity index (χ1v) is 7.76. The van der Waals surface area contributed by atoms with Gasteiger partial charge in [-0.15, -0.1) is 0 Å². The summed E-state index contributed by atoms with van der Waals surface area (Å²) in [6.07, 6.45) is 6.25. The van der Waals surface area contributed by atoms with Crippen LogP contribution in [0.25, 0.3) is 0 Å². The number of rotatable bonds is 6. The van der Waals surface area contributed by atoms with Crippen LogP contribution in [0.4, 0.5) is 0 Å². The topological polar surface area (TPSA) is 53.1 Å². The van der Waals surface area contributed by atoms with Crippen molar-refractivity contribution < 1.29 is 4.74 Å². The van der Waals surface area contributed by atoms with Gasteiger partial charge in [-0.1, -0.05) is 27.7 Å². The number of nitrogens with zero attached hydrogens (tertiary/aromatic N) is 2. The molecular weight excluding hydrogens is 250 g/mol. The van der Waals surface area contributed by atoms with E-state index < -0.39 is 0 Å². The molecule has 1 saturated carbocycles. The Bertz CT molecular complexity index is 439. The predicted octanol–water partition coefficient (Wildman–Crippen LogP) is 3.31. The first kappa shape index (κ1) is 15.5. The third-order valence-corrected chi connectivity index (χ3v) is 4.63. The van der Waals surface area contributed by atoms with Gasteiger partial charge in [-0.25, -0.2) is 4.98 Å². The predicted molar refractivity (Wildman–Crippen MR) is 81.5 cm³/mol. The van der Waals surface area contributed by atoms with Gasteiger partial charge in [0.2, 0.25) is 0 Å². The Kier molecular flexibility index (Phi) is 4.55. The molecule has 0 saturated heterocycles. The van der Waals surface area contributed by atoms with E-state index in [4.69, 9.17) is 10.5 Å². The Balaban J connectivity index is 2.13. The number of hydrogen-bond acceptors (Lipinski definition) is 3. The number of imidazole rings is 1. The van der Waals surface area contributed by atoms with Gasteiger partial charge in [0.25, 0.3) is 0 Å². The summed E-state index contributed by atoms with van der Waals surface area (Å²) < 4.78 is 8.10.